The minimum Gasteiger partial charge on any atom is -0.381 e. The molecule has 1 aromatic heterocycles. The maximum Gasteiger partial charge on any atom is 0.132 e. The molecular formula is C13H19N3O. The second kappa shape index (κ2) is 4.70. The fourth-order valence-electron chi connectivity index (χ4n) is 2.67. The summed E-state index contributed by atoms with van der Waals surface area (Å²) in [6, 6.07) is 0. The molecule has 0 spiro atoms. The van der Waals surface area contributed by atoms with E-state index in [1.54, 1.807) is 0 Å². The molecule has 0 saturated carbocycles. The van der Waals surface area contributed by atoms with E-state index in [1.165, 1.54) is 11.3 Å². The first-order valence-electron chi connectivity index (χ1n) is 6.49. The molecule has 2 aliphatic heterocycles. The van der Waals surface area contributed by atoms with Crippen LogP contribution in [0, 0.1) is 6.92 Å². The summed E-state index contributed by atoms with van der Waals surface area (Å²) in [5, 5.41) is 3.38. The number of nitrogens with one attached hydrogen (secondary N) is 1. The largest absolute Gasteiger partial charge is 0.381 e. The average Bonchev–Trinajstić information content (AvgIpc) is 2.40. The van der Waals surface area contributed by atoms with Crippen molar-refractivity contribution in [2.45, 2.75) is 38.6 Å². The summed E-state index contributed by atoms with van der Waals surface area (Å²) in [7, 11) is 0. The van der Waals surface area contributed by atoms with Gasteiger partial charge in [0.25, 0.3) is 0 Å². The zero-order chi connectivity index (χ0) is 11.7. The minimum atomic E-state index is 0.502. The van der Waals surface area contributed by atoms with Gasteiger partial charge in [-0.3, -0.25) is 0 Å². The van der Waals surface area contributed by atoms with E-state index < -0.39 is 0 Å². The molecule has 1 saturated heterocycles. The van der Waals surface area contributed by atoms with E-state index >= 15 is 0 Å². The molecular weight excluding hydrogens is 214 g/mol. The van der Waals surface area contributed by atoms with Gasteiger partial charge >= 0.3 is 0 Å². The van der Waals surface area contributed by atoms with Crippen LogP contribution in [0.3, 0.4) is 0 Å². The molecule has 17 heavy (non-hydrogen) atoms. The lowest BCUT2D eigenvalue weighted by atomic mass is 9.98. The third-order valence-corrected chi connectivity index (χ3v) is 3.74. The van der Waals surface area contributed by atoms with Crippen molar-refractivity contribution in [3.63, 3.8) is 0 Å². The molecule has 0 radical (unpaired) electrons. The van der Waals surface area contributed by atoms with Gasteiger partial charge in [-0.05, 0) is 19.8 Å². The Bertz CT molecular complexity index is 413. The third kappa shape index (κ3) is 2.19. The van der Waals surface area contributed by atoms with Crippen molar-refractivity contribution in [1.29, 1.82) is 0 Å². The Morgan fingerprint density at radius 2 is 2.06 bits per heavy atom. The van der Waals surface area contributed by atoms with Gasteiger partial charge in [-0.2, -0.15) is 0 Å². The molecule has 4 heteroatoms. The topological polar surface area (TPSA) is 47.0 Å². The Hall–Kier alpha value is -1.00. The molecule has 4 nitrogen and oxygen atoms in total. The van der Waals surface area contributed by atoms with E-state index in [9.17, 15) is 0 Å². The molecule has 1 N–H and O–H groups in total. The molecule has 3 rings (SSSR count). The number of nitrogens with zero attached hydrogens (tertiary/aromatic N) is 2. The molecule has 0 aromatic carbocycles. The lowest BCUT2D eigenvalue weighted by Gasteiger charge is -2.24. The van der Waals surface area contributed by atoms with Gasteiger partial charge in [-0.1, -0.05) is 0 Å². The standard InChI is InChI=1S/C13H19N3O/c1-9-11-8-14-5-2-12(11)16-13(15-9)10-3-6-17-7-4-10/h10,14H,2-8H2,1H3. The Morgan fingerprint density at radius 3 is 2.88 bits per heavy atom. The van der Waals surface area contributed by atoms with Gasteiger partial charge < -0.3 is 10.1 Å². The first-order chi connectivity index (χ1) is 8.34. The van der Waals surface area contributed by atoms with Crippen LogP contribution in [0.15, 0.2) is 0 Å². The van der Waals surface area contributed by atoms with Crippen LogP contribution >= 0.6 is 0 Å². The second-order valence-electron chi connectivity index (χ2n) is 4.91. The molecule has 0 aliphatic carbocycles. The number of fused-ring (bicyclic) bond motifs is 1. The normalized spacial score (nSPS) is 21.2. The van der Waals surface area contributed by atoms with E-state index in [0.717, 1.165) is 57.1 Å². The van der Waals surface area contributed by atoms with Gasteiger partial charge in [0.05, 0.1) is 5.69 Å². The van der Waals surface area contributed by atoms with Crippen molar-refractivity contribution in [2.24, 2.45) is 0 Å². The molecule has 92 valence electrons. The van der Waals surface area contributed by atoms with Gasteiger partial charge in [0.1, 0.15) is 5.82 Å². The third-order valence-electron chi connectivity index (χ3n) is 3.74. The van der Waals surface area contributed by atoms with Gasteiger partial charge in [-0.25, -0.2) is 9.97 Å². The van der Waals surface area contributed by atoms with E-state index in [2.05, 4.69) is 12.2 Å². The predicted octanol–water partition coefficient (Wildman–Crippen LogP) is 1.32. The van der Waals surface area contributed by atoms with Crippen LogP contribution in [0.1, 0.15) is 41.5 Å². The van der Waals surface area contributed by atoms with Crippen LogP contribution in [0.4, 0.5) is 0 Å². The highest BCUT2D eigenvalue weighted by atomic mass is 16.5. The van der Waals surface area contributed by atoms with Crippen molar-refractivity contribution < 1.29 is 4.74 Å². The average molecular weight is 233 g/mol. The lowest BCUT2D eigenvalue weighted by Crippen LogP contribution is -2.27. The summed E-state index contributed by atoms with van der Waals surface area (Å²) in [6.07, 6.45) is 3.17. The zero-order valence-corrected chi connectivity index (χ0v) is 10.3. The predicted molar refractivity (Wildman–Crippen MR) is 65.0 cm³/mol. The second-order valence-corrected chi connectivity index (χ2v) is 4.91. The van der Waals surface area contributed by atoms with Gasteiger partial charge in [0.2, 0.25) is 0 Å². The summed E-state index contributed by atoms with van der Waals surface area (Å²) < 4.78 is 5.40. The van der Waals surface area contributed by atoms with Gasteiger partial charge in [-0.15, -0.1) is 0 Å². The zero-order valence-electron chi connectivity index (χ0n) is 10.3. The van der Waals surface area contributed by atoms with E-state index in [1.807, 2.05) is 0 Å². The fourth-order valence-corrected chi connectivity index (χ4v) is 2.67. The SMILES string of the molecule is Cc1nc(C2CCOCC2)nc2c1CNCC2. The molecule has 2 aliphatic rings. The van der Waals surface area contributed by atoms with Crippen LogP contribution in [0.2, 0.25) is 0 Å². The van der Waals surface area contributed by atoms with Crippen LogP contribution in [-0.2, 0) is 17.7 Å². The summed E-state index contributed by atoms with van der Waals surface area (Å²) in [5.41, 5.74) is 3.73. The van der Waals surface area contributed by atoms with Crippen molar-refractivity contribution in [2.75, 3.05) is 19.8 Å². The molecule has 0 atom stereocenters. The van der Waals surface area contributed by atoms with Gasteiger partial charge in [0, 0.05) is 49.9 Å². The number of aromatic nitrogens is 2. The molecule has 0 amide bonds. The molecule has 0 bridgehead atoms. The molecule has 1 fully saturated rings. The smallest absolute Gasteiger partial charge is 0.132 e. The van der Waals surface area contributed by atoms with Gasteiger partial charge in [0.15, 0.2) is 0 Å². The Morgan fingerprint density at radius 1 is 1.24 bits per heavy atom. The first-order valence-corrected chi connectivity index (χ1v) is 6.49. The van der Waals surface area contributed by atoms with Crippen LogP contribution in [-0.4, -0.2) is 29.7 Å². The summed E-state index contributed by atoms with van der Waals surface area (Å²) in [4.78, 5) is 9.49. The monoisotopic (exact) mass is 233 g/mol. The van der Waals surface area contributed by atoms with Crippen LogP contribution < -0.4 is 5.32 Å². The number of aryl methyl sites for hydroxylation is 1. The number of hydrogen-bond donors (Lipinski definition) is 1. The van der Waals surface area contributed by atoms with E-state index in [-0.39, 0.29) is 0 Å². The Balaban J connectivity index is 1.92. The fraction of sp³-hybridized carbons (Fsp3) is 0.692. The highest BCUT2D eigenvalue weighted by molar-refractivity contribution is 5.28. The maximum atomic E-state index is 5.40. The summed E-state index contributed by atoms with van der Waals surface area (Å²) in [6.45, 7) is 5.78. The molecule has 3 heterocycles. The van der Waals surface area contributed by atoms with Crippen LogP contribution in [0.5, 0.6) is 0 Å². The van der Waals surface area contributed by atoms with Crippen LogP contribution in [0.25, 0.3) is 0 Å². The summed E-state index contributed by atoms with van der Waals surface area (Å²) in [5.74, 6) is 1.55. The first kappa shape index (κ1) is 11.1. The van der Waals surface area contributed by atoms with E-state index in [0.29, 0.717) is 5.92 Å². The summed E-state index contributed by atoms with van der Waals surface area (Å²) >= 11 is 0. The minimum absolute atomic E-state index is 0.502. The number of ether oxygens (including phenoxy) is 1. The lowest BCUT2D eigenvalue weighted by molar-refractivity contribution is 0.0834. The van der Waals surface area contributed by atoms with E-state index in [4.69, 9.17) is 14.7 Å². The van der Waals surface area contributed by atoms with Crippen molar-refractivity contribution in [3.8, 4) is 0 Å². The van der Waals surface area contributed by atoms with Crippen molar-refractivity contribution >= 4 is 0 Å². The van der Waals surface area contributed by atoms with Crippen molar-refractivity contribution in [3.05, 3.63) is 22.8 Å². The Kier molecular flexibility index (Phi) is 3.07. The van der Waals surface area contributed by atoms with Crippen molar-refractivity contribution in [1.82, 2.24) is 15.3 Å². The Labute approximate surface area is 102 Å². The number of rotatable bonds is 1. The quantitative estimate of drug-likeness (QED) is 0.795. The number of hydrogen-bond acceptors (Lipinski definition) is 4. The highest BCUT2D eigenvalue weighted by Gasteiger charge is 2.22. The molecule has 0 unspecified atom stereocenters. The molecule has 1 aromatic rings. The highest BCUT2D eigenvalue weighted by Crippen LogP contribution is 2.26. The maximum absolute atomic E-state index is 5.40.